The molecule has 2 aliphatic carbocycles. The van der Waals surface area contributed by atoms with Gasteiger partial charge in [-0.25, -0.2) is 4.79 Å². The number of rotatable bonds is 3. The summed E-state index contributed by atoms with van der Waals surface area (Å²) in [6, 6.07) is 0. The lowest BCUT2D eigenvalue weighted by molar-refractivity contribution is -0.162. The maximum absolute atomic E-state index is 11.8. The van der Waals surface area contributed by atoms with Crippen molar-refractivity contribution < 1.29 is 23.8 Å². The average molecular weight is 266 g/mol. The van der Waals surface area contributed by atoms with E-state index in [0.717, 1.165) is 6.42 Å². The minimum atomic E-state index is -0.414. The van der Waals surface area contributed by atoms with Crippen LogP contribution >= 0.6 is 0 Å². The van der Waals surface area contributed by atoms with E-state index in [0.29, 0.717) is 12.2 Å². The molecule has 1 heterocycles. The summed E-state index contributed by atoms with van der Waals surface area (Å²) in [7, 11) is 1.62. The predicted octanol–water partition coefficient (Wildman–Crippen LogP) is 0.928. The lowest BCUT2D eigenvalue weighted by Crippen LogP contribution is -2.45. The second-order valence-corrected chi connectivity index (χ2v) is 5.73. The summed E-state index contributed by atoms with van der Waals surface area (Å²) in [6.07, 6.45) is 0.381. The van der Waals surface area contributed by atoms with Gasteiger partial charge in [-0.1, -0.05) is 6.58 Å². The highest BCUT2D eigenvalue weighted by Gasteiger charge is 2.65. The van der Waals surface area contributed by atoms with Gasteiger partial charge in [0.2, 0.25) is 0 Å². The van der Waals surface area contributed by atoms with Crippen LogP contribution in [0, 0.1) is 23.7 Å². The Labute approximate surface area is 111 Å². The van der Waals surface area contributed by atoms with Crippen molar-refractivity contribution in [2.75, 3.05) is 13.7 Å². The molecule has 6 atom stereocenters. The molecule has 5 nitrogen and oxygen atoms in total. The van der Waals surface area contributed by atoms with E-state index in [9.17, 15) is 9.59 Å². The van der Waals surface area contributed by atoms with Gasteiger partial charge in [0.05, 0.1) is 18.6 Å². The summed E-state index contributed by atoms with van der Waals surface area (Å²) in [6.45, 7) is 5.68. The molecule has 2 saturated carbocycles. The minimum absolute atomic E-state index is 0.0262. The molecule has 0 aromatic rings. The van der Waals surface area contributed by atoms with Crippen LogP contribution in [0.4, 0.5) is 0 Å². The van der Waals surface area contributed by atoms with Crippen LogP contribution in [0.25, 0.3) is 0 Å². The molecule has 5 heteroatoms. The molecule has 3 rings (SSSR count). The van der Waals surface area contributed by atoms with Gasteiger partial charge in [-0.2, -0.15) is 0 Å². The monoisotopic (exact) mass is 266 g/mol. The first-order valence-corrected chi connectivity index (χ1v) is 6.60. The van der Waals surface area contributed by atoms with Gasteiger partial charge in [-0.3, -0.25) is 4.79 Å². The third-order valence-electron chi connectivity index (χ3n) is 4.74. The first-order valence-electron chi connectivity index (χ1n) is 6.60. The molecule has 3 aliphatic rings. The van der Waals surface area contributed by atoms with Crippen LogP contribution in [-0.2, 0) is 23.8 Å². The average Bonchev–Trinajstić information content (AvgIpc) is 3.00. The van der Waals surface area contributed by atoms with Gasteiger partial charge in [0, 0.05) is 24.5 Å². The zero-order valence-corrected chi connectivity index (χ0v) is 11.1. The molecule has 6 unspecified atom stereocenters. The Hall–Kier alpha value is -1.36. The fourth-order valence-electron chi connectivity index (χ4n) is 3.96. The van der Waals surface area contributed by atoms with Crippen molar-refractivity contribution in [3.8, 4) is 0 Å². The van der Waals surface area contributed by atoms with Crippen LogP contribution in [0.1, 0.15) is 13.3 Å². The lowest BCUT2D eigenvalue weighted by Gasteiger charge is -2.34. The largest absolute Gasteiger partial charge is 0.465 e. The van der Waals surface area contributed by atoms with Gasteiger partial charge in [-0.15, -0.1) is 0 Å². The van der Waals surface area contributed by atoms with E-state index in [1.54, 1.807) is 14.0 Å². The molecule has 1 saturated heterocycles. The Kier molecular flexibility index (Phi) is 2.89. The van der Waals surface area contributed by atoms with Gasteiger partial charge >= 0.3 is 11.9 Å². The van der Waals surface area contributed by atoms with Gasteiger partial charge in [-0.05, 0) is 19.3 Å². The Morgan fingerprint density at radius 2 is 2.05 bits per heavy atom. The first-order chi connectivity index (χ1) is 9.04. The topological polar surface area (TPSA) is 61.8 Å². The van der Waals surface area contributed by atoms with E-state index in [4.69, 9.17) is 14.2 Å². The molecule has 104 valence electrons. The van der Waals surface area contributed by atoms with E-state index in [2.05, 4.69) is 6.58 Å². The Balaban J connectivity index is 1.82. The maximum atomic E-state index is 11.8. The van der Waals surface area contributed by atoms with Crippen molar-refractivity contribution in [1.82, 2.24) is 0 Å². The smallest absolute Gasteiger partial charge is 0.333 e. The summed E-state index contributed by atoms with van der Waals surface area (Å²) in [5.74, 6) is -0.194. The highest BCUT2D eigenvalue weighted by molar-refractivity contribution is 5.87. The molecule has 1 aliphatic heterocycles. The zero-order valence-electron chi connectivity index (χ0n) is 11.1. The highest BCUT2D eigenvalue weighted by Crippen LogP contribution is 2.56. The van der Waals surface area contributed by atoms with Crippen LogP contribution in [0.2, 0.25) is 0 Å². The SMILES string of the molecule is C=C(C)C(=O)OC1C2CC(C3COC(=O)C32)C1OC. The van der Waals surface area contributed by atoms with Crippen LogP contribution < -0.4 is 0 Å². The van der Waals surface area contributed by atoms with Crippen molar-refractivity contribution in [2.24, 2.45) is 23.7 Å². The number of carbonyl (C=O) groups is 2. The summed E-state index contributed by atoms with van der Waals surface area (Å²) in [5.41, 5.74) is 0.364. The van der Waals surface area contributed by atoms with Crippen LogP contribution in [-0.4, -0.2) is 37.9 Å². The highest BCUT2D eigenvalue weighted by atomic mass is 16.6. The molecule has 2 bridgehead atoms. The first kappa shape index (κ1) is 12.7. The Morgan fingerprint density at radius 3 is 2.68 bits per heavy atom. The molecular weight excluding hydrogens is 248 g/mol. The maximum Gasteiger partial charge on any atom is 0.333 e. The molecule has 0 spiro atoms. The van der Waals surface area contributed by atoms with Crippen LogP contribution in [0.15, 0.2) is 12.2 Å². The summed E-state index contributed by atoms with van der Waals surface area (Å²) < 4.78 is 16.1. The molecule has 19 heavy (non-hydrogen) atoms. The molecule has 0 aromatic carbocycles. The van der Waals surface area contributed by atoms with Crippen molar-refractivity contribution in [3.05, 3.63) is 12.2 Å². The molecule has 0 radical (unpaired) electrons. The number of fused-ring (bicyclic) bond motifs is 5. The molecule has 0 aromatic heterocycles. The van der Waals surface area contributed by atoms with E-state index in [1.165, 1.54) is 0 Å². The number of hydrogen-bond acceptors (Lipinski definition) is 5. The summed E-state index contributed by atoms with van der Waals surface area (Å²) in [5, 5.41) is 0. The fourth-order valence-corrected chi connectivity index (χ4v) is 3.96. The molecule has 3 fully saturated rings. The van der Waals surface area contributed by atoms with Crippen LogP contribution in [0.3, 0.4) is 0 Å². The zero-order chi connectivity index (χ0) is 13.7. The van der Waals surface area contributed by atoms with Crippen molar-refractivity contribution in [2.45, 2.75) is 25.6 Å². The third kappa shape index (κ3) is 1.71. The lowest BCUT2D eigenvalue weighted by atomic mass is 9.78. The molecule has 0 N–H and O–H groups in total. The number of esters is 2. The van der Waals surface area contributed by atoms with Crippen molar-refractivity contribution >= 4 is 11.9 Å². The van der Waals surface area contributed by atoms with E-state index >= 15 is 0 Å². The van der Waals surface area contributed by atoms with Gasteiger partial charge in [0.1, 0.15) is 6.10 Å². The van der Waals surface area contributed by atoms with E-state index in [1.807, 2.05) is 0 Å². The standard InChI is InChI=1S/C14H18O5/c1-6(2)13(15)19-12-8-4-7(11(12)17-3)9-5-18-14(16)10(8)9/h7-12H,1,4-5H2,2-3H3. The third-order valence-corrected chi connectivity index (χ3v) is 4.74. The van der Waals surface area contributed by atoms with Crippen molar-refractivity contribution in [3.63, 3.8) is 0 Å². The number of cyclic esters (lactones) is 1. The van der Waals surface area contributed by atoms with Crippen molar-refractivity contribution in [1.29, 1.82) is 0 Å². The van der Waals surface area contributed by atoms with Crippen LogP contribution in [0.5, 0.6) is 0 Å². The quantitative estimate of drug-likeness (QED) is 0.561. The minimum Gasteiger partial charge on any atom is -0.465 e. The Bertz CT molecular complexity index is 443. The summed E-state index contributed by atoms with van der Waals surface area (Å²) >= 11 is 0. The molecular formula is C14H18O5. The predicted molar refractivity (Wildman–Crippen MR) is 65.0 cm³/mol. The fraction of sp³-hybridized carbons (Fsp3) is 0.714. The number of carbonyl (C=O) groups excluding carboxylic acids is 2. The second-order valence-electron chi connectivity index (χ2n) is 5.73. The van der Waals surface area contributed by atoms with E-state index in [-0.39, 0.29) is 41.8 Å². The second kappa shape index (κ2) is 4.34. The number of methoxy groups -OCH3 is 1. The number of ether oxygens (including phenoxy) is 3. The van der Waals surface area contributed by atoms with Gasteiger partial charge in [0.25, 0.3) is 0 Å². The summed E-state index contributed by atoms with van der Waals surface area (Å²) in [4.78, 5) is 23.5. The number of hydrogen-bond donors (Lipinski definition) is 0. The molecule has 0 amide bonds. The normalized spacial score (nSPS) is 42.9. The van der Waals surface area contributed by atoms with E-state index < -0.39 is 5.97 Å². The Morgan fingerprint density at radius 1 is 1.32 bits per heavy atom. The van der Waals surface area contributed by atoms with Gasteiger partial charge < -0.3 is 14.2 Å². The van der Waals surface area contributed by atoms with Gasteiger partial charge in [0.15, 0.2) is 0 Å².